The van der Waals surface area contributed by atoms with Crippen LogP contribution in [-0.4, -0.2) is 61.1 Å². The number of benzene rings is 1. The molecule has 1 saturated heterocycles. The van der Waals surface area contributed by atoms with Crippen LogP contribution in [0.15, 0.2) is 24.3 Å². The zero-order valence-corrected chi connectivity index (χ0v) is 17.7. The molecule has 5 nitrogen and oxygen atoms in total. The summed E-state index contributed by atoms with van der Waals surface area (Å²) in [6.07, 6.45) is 7.48. The molecule has 1 amide bonds. The summed E-state index contributed by atoms with van der Waals surface area (Å²) in [6, 6.07) is 8.47. The van der Waals surface area contributed by atoms with E-state index in [4.69, 9.17) is 4.74 Å². The summed E-state index contributed by atoms with van der Waals surface area (Å²) in [4.78, 5) is 17.6. The molecule has 5 heteroatoms. The molecule has 4 bridgehead atoms. The fourth-order valence-electron chi connectivity index (χ4n) is 6.92. The van der Waals surface area contributed by atoms with Gasteiger partial charge in [-0.05, 0) is 87.0 Å². The van der Waals surface area contributed by atoms with Crippen LogP contribution in [0.3, 0.4) is 0 Å². The SMILES string of the molecule is CCOc1ccc(NC(=O)CN2CCN(C3C4CC5CC(C4)CC3C5)CC2)cc1. The van der Waals surface area contributed by atoms with Gasteiger partial charge >= 0.3 is 0 Å². The first-order valence-corrected chi connectivity index (χ1v) is 11.7. The van der Waals surface area contributed by atoms with Gasteiger partial charge in [-0.3, -0.25) is 14.6 Å². The Kier molecular flexibility index (Phi) is 5.53. The first kappa shape index (κ1) is 19.4. The largest absolute Gasteiger partial charge is 0.494 e. The van der Waals surface area contributed by atoms with E-state index in [9.17, 15) is 4.79 Å². The van der Waals surface area contributed by atoms with Crippen LogP contribution < -0.4 is 10.1 Å². The third kappa shape index (κ3) is 4.17. The van der Waals surface area contributed by atoms with Crippen molar-refractivity contribution in [2.75, 3.05) is 44.6 Å². The van der Waals surface area contributed by atoms with Crippen molar-refractivity contribution < 1.29 is 9.53 Å². The number of nitrogens with one attached hydrogen (secondary N) is 1. The predicted molar refractivity (Wildman–Crippen MR) is 115 cm³/mol. The highest BCUT2D eigenvalue weighted by Crippen LogP contribution is 2.55. The van der Waals surface area contributed by atoms with E-state index < -0.39 is 0 Å². The Morgan fingerprint density at radius 3 is 2.17 bits per heavy atom. The molecule has 6 rings (SSSR count). The number of hydrogen-bond donors (Lipinski definition) is 1. The highest BCUT2D eigenvalue weighted by Gasteiger charge is 2.50. The van der Waals surface area contributed by atoms with Gasteiger partial charge in [-0.2, -0.15) is 0 Å². The fraction of sp³-hybridized carbons (Fsp3) is 0.708. The average molecular weight is 398 g/mol. The van der Waals surface area contributed by atoms with E-state index in [1.165, 1.54) is 32.1 Å². The molecule has 0 atom stereocenters. The van der Waals surface area contributed by atoms with Gasteiger partial charge in [-0.25, -0.2) is 0 Å². The van der Waals surface area contributed by atoms with Crippen LogP contribution in [0, 0.1) is 23.7 Å². The minimum Gasteiger partial charge on any atom is -0.494 e. The van der Waals surface area contributed by atoms with Crippen LogP contribution in [0.25, 0.3) is 0 Å². The van der Waals surface area contributed by atoms with E-state index >= 15 is 0 Å². The molecule has 158 valence electrons. The number of hydrogen-bond acceptors (Lipinski definition) is 4. The summed E-state index contributed by atoms with van der Waals surface area (Å²) in [5.41, 5.74) is 0.839. The number of ether oxygens (including phenoxy) is 1. The number of piperazine rings is 1. The van der Waals surface area contributed by atoms with Crippen LogP contribution in [0.4, 0.5) is 5.69 Å². The molecule has 0 unspecified atom stereocenters. The van der Waals surface area contributed by atoms with Crippen molar-refractivity contribution in [3.8, 4) is 5.75 Å². The molecule has 5 fully saturated rings. The number of rotatable bonds is 6. The quantitative estimate of drug-likeness (QED) is 0.798. The molecule has 1 aromatic rings. The maximum absolute atomic E-state index is 12.5. The van der Waals surface area contributed by atoms with Crippen molar-refractivity contribution in [2.24, 2.45) is 23.7 Å². The molecule has 0 spiro atoms. The summed E-state index contributed by atoms with van der Waals surface area (Å²) in [5, 5.41) is 3.03. The van der Waals surface area contributed by atoms with Crippen molar-refractivity contribution >= 4 is 11.6 Å². The van der Waals surface area contributed by atoms with Crippen molar-refractivity contribution in [3.05, 3.63) is 24.3 Å². The maximum atomic E-state index is 12.5. The van der Waals surface area contributed by atoms with E-state index in [2.05, 4.69) is 15.1 Å². The van der Waals surface area contributed by atoms with Crippen LogP contribution in [-0.2, 0) is 4.79 Å². The predicted octanol–water partition coefficient (Wildman–Crippen LogP) is 3.47. The minimum absolute atomic E-state index is 0.0808. The first-order valence-electron chi connectivity index (χ1n) is 11.7. The van der Waals surface area contributed by atoms with Gasteiger partial charge in [0.2, 0.25) is 5.91 Å². The maximum Gasteiger partial charge on any atom is 0.238 e. The lowest BCUT2D eigenvalue weighted by Gasteiger charge is -2.58. The zero-order chi connectivity index (χ0) is 19.8. The minimum atomic E-state index is 0.0808. The topological polar surface area (TPSA) is 44.8 Å². The summed E-state index contributed by atoms with van der Waals surface area (Å²) >= 11 is 0. The summed E-state index contributed by atoms with van der Waals surface area (Å²) in [6.45, 7) is 7.40. The number of amides is 1. The molecule has 4 aliphatic carbocycles. The van der Waals surface area contributed by atoms with Crippen LogP contribution in [0.2, 0.25) is 0 Å². The number of carbonyl (C=O) groups excluding carboxylic acids is 1. The molecule has 4 saturated carbocycles. The molecule has 1 aliphatic heterocycles. The van der Waals surface area contributed by atoms with Gasteiger partial charge in [0.25, 0.3) is 0 Å². The zero-order valence-electron chi connectivity index (χ0n) is 17.7. The van der Waals surface area contributed by atoms with E-state index in [-0.39, 0.29) is 5.91 Å². The summed E-state index contributed by atoms with van der Waals surface area (Å²) < 4.78 is 5.46. The Morgan fingerprint density at radius 2 is 1.59 bits per heavy atom. The van der Waals surface area contributed by atoms with E-state index in [1.807, 2.05) is 31.2 Å². The molecular weight excluding hydrogens is 362 g/mol. The first-order chi connectivity index (χ1) is 14.2. The summed E-state index contributed by atoms with van der Waals surface area (Å²) in [5.74, 6) is 4.92. The Balaban J connectivity index is 1.09. The van der Waals surface area contributed by atoms with Gasteiger partial charge < -0.3 is 10.1 Å². The Labute approximate surface area is 174 Å². The molecule has 5 aliphatic rings. The average Bonchev–Trinajstić information content (AvgIpc) is 2.70. The van der Waals surface area contributed by atoms with Gasteiger partial charge in [-0.15, -0.1) is 0 Å². The smallest absolute Gasteiger partial charge is 0.238 e. The highest BCUT2D eigenvalue weighted by molar-refractivity contribution is 5.92. The molecule has 1 heterocycles. The molecule has 1 aromatic carbocycles. The van der Waals surface area contributed by atoms with Gasteiger partial charge in [0.05, 0.1) is 13.2 Å². The van der Waals surface area contributed by atoms with Crippen LogP contribution in [0.1, 0.15) is 39.0 Å². The Morgan fingerprint density at radius 1 is 0.966 bits per heavy atom. The van der Waals surface area contributed by atoms with Crippen LogP contribution in [0.5, 0.6) is 5.75 Å². The molecule has 29 heavy (non-hydrogen) atoms. The second-order valence-electron chi connectivity index (χ2n) is 9.74. The lowest BCUT2D eigenvalue weighted by Crippen LogP contribution is -2.60. The van der Waals surface area contributed by atoms with E-state index in [1.54, 1.807) is 0 Å². The second kappa shape index (κ2) is 8.27. The van der Waals surface area contributed by atoms with Crippen LogP contribution >= 0.6 is 0 Å². The lowest BCUT2D eigenvalue weighted by atomic mass is 9.54. The Bertz CT molecular complexity index is 683. The molecule has 0 radical (unpaired) electrons. The summed E-state index contributed by atoms with van der Waals surface area (Å²) in [7, 11) is 0. The molecule has 1 N–H and O–H groups in total. The van der Waals surface area contributed by atoms with Crippen molar-refractivity contribution in [3.63, 3.8) is 0 Å². The number of nitrogens with zero attached hydrogens (tertiary/aromatic N) is 2. The monoisotopic (exact) mass is 397 g/mol. The van der Waals surface area contributed by atoms with E-state index in [0.717, 1.165) is 67.3 Å². The van der Waals surface area contributed by atoms with Crippen molar-refractivity contribution in [1.29, 1.82) is 0 Å². The normalized spacial score (nSPS) is 34.3. The van der Waals surface area contributed by atoms with Crippen molar-refractivity contribution in [1.82, 2.24) is 9.80 Å². The van der Waals surface area contributed by atoms with Gasteiger partial charge in [0, 0.05) is 37.9 Å². The van der Waals surface area contributed by atoms with E-state index in [0.29, 0.717) is 13.2 Å². The molecular formula is C24H35N3O2. The van der Waals surface area contributed by atoms with Gasteiger partial charge in [-0.1, -0.05) is 0 Å². The standard InChI is InChI=1S/C24H35N3O2/c1-2-29-22-5-3-21(4-6-22)25-23(28)16-26-7-9-27(10-8-26)24-19-12-17-11-18(14-19)15-20(24)13-17/h3-6,17-20,24H,2,7-16H2,1H3,(H,25,28). The third-order valence-electron chi connectivity index (χ3n) is 7.82. The molecule has 0 aromatic heterocycles. The third-order valence-corrected chi connectivity index (χ3v) is 7.82. The Hall–Kier alpha value is -1.59. The second-order valence-corrected chi connectivity index (χ2v) is 9.74. The number of carbonyl (C=O) groups is 1. The fourth-order valence-corrected chi connectivity index (χ4v) is 6.92. The number of anilines is 1. The van der Waals surface area contributed by atoms with Gasteiger partial charge in [0.15, 0.2) is 0 Å². The lowest BCUT2D eigenvalue weighted by molar-refractivity contribution is -0.118. The van der Waals surface area contributed by atoms with Crippen molar-refractivity contribution in [2.45, 2.75) is 45.1 Å². The van der Waals surface area contributed by atoms with Gasteiger partial charge in [0.1, 0.15) is 5.75 Å². The highest BCUT2D eigenvalue weighted by atomic mass is 16.5.